The maximum atomic E-state index is 12.8. The Hall–Kier alpha value is -2.54. The summed E-state index contributed by atoms with van der Waals surface area (Å²) in [5, 5.41) is 8.13. The van der Waals surface area contributed by atoms with Crippen LogP contribution in [-0.2, 0) is 6.54 Å². The summed E-state index contributed by atoms with van der Waals surface area (Å²) in [7, 11) is 0. The van der Waals surface area contributed by atoms with Gasteiger partial charge >= 0.3 is 0 Å². The lowest BCUT2D eigenvalue weighted by Gasteiger charge is -2.27. The van der Waals surface area contributed by atoms with Crippen molar-refractivity contribution in [1.29, 1.82) is 0 Å². The number of fused-ring (bicyclic) bond motifs is 1. The average molecular weight is 517 g/mol. The van der Waals surface area contributed by atoms with Crippen LogP contribution >= 0.6 is 35.6 Å². The van der Waals surface area contributed by atoms with Gasteiger partial charge in [0.25, 0.3) is 5.91 Å². The van der Waals surface area contributed by atoms with Crippen LogP contribution in [0.2, 0.25) is 10.0 Å². The van der Waals surface area contributed by atoms with Crippen LogP contribution in [0, 0.1) is 0 Å². The van der Waals surface area contributed by atoms with Gasteiger partial charge in [0, 0.05) is 49.2 Å². The van der Waals surface area contributed by atoms with Crippen LogP contribution in [0.3, 0.4) is 0 Å². The Labute approximate surface area is 214 Å². The van der Waals surface area contributed by atoms with Crippen molar-refractivity contribution in [3.63, 3.8) is 0 Å². The summed E-state index contributed by atoms with van der Waals surface area (Å²) in [4.78, 5) is 15.3. The van der Waals surface area contributed by atoms with Crippen molar-refractivity contribution in [3.8, 4) is 11.3 Å². The number of nitrogens with zero attached hydrogens (tertiary/aromatic N) is 1. The fourth-order valence-corrected chi connectivity index (χ4v) is 4.37. The molecule has 0 spiro atoms. The zero-order valence-electron chi connectivity index (χ0n) is 18.3. The standard InChI is InChI=1S/C26H23Cl2N3O2.ClH/c27-21-8-7-19(14-22(21)28)26(32)30-23-4-2-1-3-20(23)25-15-18-6-5-17(13-24(18)33-25)16-31-11-9-29-10-12-31;/h1-8,13-15,29H,9-12,16H2,(H,30,32);1H. The molecule has 4 aromatic rings. The quantitative estimate of drug-likeness (QED) is 0.318. The van der Waals surface area contributed by atoms with Gasteiger partial charge in [0.2, 0.25) is 0 Å². The zero-order valence-corrected chi connectivity index (χ0v) is 20.6. The largest absolute Gasteiger partial charge is 0.456 e. The van der Waals surface area contributed by atoms with Crippen LogP contribution < -0.4 is 10.6 Å². The molecule has 5 rings (SSSR count). The van der Waals surface area contributed by atoms with Crippen LogP contribution in [0.15, 0.2) is 71.1 Å². The van der Waals surface area contributed by atoms with Gasteiger partial charge in [0.15, 0.2) is 0 Å². The van der Waals surface area contributed by atoms with Crippen LogP contribution in [0.5, 0.6) is 0 Å². The fourth-order valence-electron chi connectivity index (χ4n) is 4.07. The molecule has 1 fully saturated rings. The summed E-state index contributed by atoms with van der Waals surface area (Å²) in [5.74, 6) is 0.435. The van der Waals surface area contributed by atoms with Gasteiger partial charge in [0.05, 0.1) is 15.7 Å². The highest BCUT2D eigenvalue weighted by Gasteiger charge is 2.15. The van der Waals surface area contributed by atoms with Crippen molar-refractivity contribution < 1.29 is 9.21 Å². The maximum absolute atomic E-state index is 12.8. The Morgan fingerprint density at radius 2 is 1.76 bits per heavy atom. The molecule has 1 saturated heterocycles. The van der Waals surface area contributed by atoms with Crippen molar-refractivity contribution >= 4 is 58.2 Å². The van der Waals surface area contributed by atoms with E-state index >= 15 is 0 Å². The van der Waals surface area contributed by atoms with Gasteiger partial charge in [-0.25, -0.2) is 0 Å². The molecular weight excluding hydrogens is 493 g/mol. The van der Waals surface area contributed by atoms with Crippen molar-refractivity contribution in [3.05, 3.63) is 87.9 Å². The molecule has 1 aliphatic heterocycles. The Morgan fingerprint density at radius 1 is 0.971 bits per heavy atom. The Bertz CT molecular complexity index is 1320. The Morgan fingerprint density at radius 3 is 2.56 bits per heavy atom. The number of furan rings is 1. The molecule has 1 amide bonds. The number of halogens is 3. The molecule has 0 radical (unpaired) electrons. The van der Waals surface area contributed by atoms with Gasteiger partial charge in [-0.05, 0) is 48.0 Å². The highest BCUT2D eigenvalue weighted by molar-refractivity contribution is 6.42. The van der Waals surface area contributed by atoms with Gasteiger partial charge in [-0.2, -0.15) is 0 Å². The summed E-state index contributed by atoms with van der Waals surface area (Å²) >= 11 is 12.0. The molecule has 1 aromatic heterocycles. The van der Waals surface area contributed by atoms with Crippen molar-refractivity contribution in [1.82, 2.24) is 10.2 Å². The third-order valence-electron chi connectivity index (χ3n) is 5.82. The Balaban J connectivity index is 0.00000274. The summed E-state index contributed by atoms with van der Waals surface area (Å²) < 4.78 is 6.23. The van der Waals surface area contributed by atoms with E-state index in [1.807, 2.05) is 30.3 Å². The number of amides is 1. The second kappa shape index (κ2) is 10.8. The lowest BCUT2D eigenvalue weighted by molar-refractivity contribution is 0.102. The van der Waals surface area contributed by atoms with E-state index in [9.17, 15) is 4.79 Å². The normalized spacial score (nSPS) is 14.1. The number of anilines is 1. The molecule has 34 heavy (non-hydrogen) atoms. The number of benzene rings is 3. The summed E-state index contributed by atoms with van der Waals surface area (Å²) in [6.45, 7) is 5.06. The van der Waals surface area contributed by atoms with E-state index < -0.39 is 0 Å². The summed E-state index contributed by atoms with van der Waals surface area (Å²) in [6.07, 6.45) is 0. The molecule has 3 aromatic carbocycles. The number of nitrogens with one attached hydrogen (secondary N) is 2. The molecule has 1 aliphatic rings. The van der Waals surface area contributed by atoms with E-state index in [1.54, 1.807) is 18.2 Å². The molecule has 5 nitrogen and oxygen atoms in total. The second-order valence-corrected chi connectivity index (χ2v) is 8.95. The van der Waals surface area contributed by atoms with Gasteiger partial charge in [-0.15, -0.1) is 12.4 Å². The first-order valence-electron chi connectivity index (χ1n) is 10.9. The number of piperazine rings is 1. The molecule has 0 unspecified atom stereocenters. The van der Waals surface area contributed by atoms with Crippen molar-refractivity contribution in [2.75, 3.05) is 31.5 Å². The van der Waals surface area contributed by atoms with Crippen LogP contribution in [0.4, 0.5) is 5.69 Å². The summed E-state index contributed by atoms with van der Waals surface area (Å²) in [6, 6.07) is 20.8. The molecular formula is C26H24Cl3N3O2. The number of para-hydroxylation sites is 1. The molecule has 8 heteroatoms. The SMILES string of the molecule is Cl.O=C(Nc1ccccc1-c1cc2ccc(CN3CCNCC3)cc2o1)c1ccc(Cl)c(Cl)c1. The van der Waals surface area contributed by atoms with Crippen LogP contribution in [0.1, 0.15) is 15.9 Å². The molecule has 0 saturated carbocycles. The predicted molar refractivity (Wildman–Crippen MR) is 141 cm³/mol. The minimum absolute atomic E-state index is 0. The zero-order chi connectivity index (χ0) is 22.8. The topological polar surface area (TPSA) is 57.5 Å². The van der Waals surface area contributed by atoms with E-state index in [4.69, 9.17) is 27.6 Å². The van der Waals surface area contributed by atoms with Gasteiger partial charge < -0.3 is 15.1 Å². The minimum Gasteiger partial charge on any atom is -0.456 e. The number of hydrogen-bond donors (Lipinski definition) is 2. The van der Waals surface area contributed by atoms with E-state index in [2.05, 4.69) is 33.7 Å². The van der Waals surface area contributed by atoms with E-state index in [0.29, 0.717) is 27.1 Å². The van der Waals surface area contributed by atoms with E-state index in [-0.39, 0.29) is 18.3 Å². The average Bonchev–Trinajstić information content (AvgIpc) is 3.25. The lowest BCUT2D eigenvalue weighted by atomic mass is 10.1. The van der Waals surface area contributed by atoms with Gasteiger partial charge in [0.1, 0.15) is 11.3 Å². The monoisotopic (exact) mass is 515 g/mol. The molecule has 176 valence electrons. The highest BCUT2D eigenvalue weighted by Crippen LogP contribution is 2.34. The lowest BCUT2D eigenvalue weighted by Crippen LogP contribution is -2.42. The maximum Gasteiger partial charge on any atom is 0.255 e. The number of carbonyl (C=O) groups is 1. The highest BCUT2D eigenvalue weighted by atomic mass is 35.5. The third-order valence-corrected chi connectivity index (χ3v) is 6.56. The number of carbonyl (C=O) groups excluding carboxylic acids is 1. The van der Waals surface area contributed by atoms with Crippen LogP contribution in [-0.4, -0.2) is 37.0 Å². The first kappa shape index (κ1) is 24.6. The Kier molecular flexibility index (Phi) is 7.81. The number of hydrogen-bond acceptors (Lipinski definition) is 4. The minimum atomic E-state index is -0.268. The van der Waals surface area contributed by atoms with Crippen molar-refractivity contribution in [2.45, 2.75) is 6.54 Å². The first-order chi connectivity index (χ1) is 16.1. The molecule has 0 bridgehead atoms. The van der Waals surface area contributed by atoms with Gasteiger partial charge in [-0.1, -0.05) is 47.5 Å². The van der Waals surface area contributed by atoms with E-state index in [0.717, 1.165) is 49.3 Å². The predicted octanol–water partition coefficient (Wildman–Crippen LogP) is 6.49. The second-order valence-electron chi connectivity index (χ2n) is 8.14. The third kappa shape index (κ3) is 5.40. The van der Waals surface area contributed by atoms with Crippen LogP contribution in [0.25, 0.3) is 22.3 Å². The smallest absolute Gasteiger partial charge is 0.255 e. The fraction of sp³-hybridized carbons (Fsp3) is 0.192. The molecule has 2 N–H and O–H groups in total. The van der Waals surface area contributed by atoms with Crippen molar-refractivity contribution in [2.24, 2.45) is 0 Å². The number of rotatable bonds is 5. The molecule has 2 heterocycles. The summed E-state index contributed by atoms with van der Waals surface area (Å²) in [5.41, 5.74) is 3.97. The van der Waals surface area contributed by atoms with Gasteiger partial charge in [-0.3, -0.25) is 9.69 Å². The first-order valence-corrected chi connectivity index (χ1v) is 11.6. The molecule has 0 atom stereocenters. The van der Waals surface area contributed by atoms with E-state index in [1.165, 1.54) is 5.56 Å². The molecule has 0 aliphatic carbocycles.